The number of unbranched alkanes of at least 4 members (excludes halogenated alkanes) is 6. The Labute approximate surface area is 101 Å². The molecule has 98 valence electrons. The molecule has 1 aliphatic rings. The highest BCUT2D eigenvalue weighted by Crippen LogP contribution is 2.18. The maximum atomic E-state index is 2.45. The van der Waals surface area contributed by atoms with E-state index in [0.717, 1.165) is 0 Å². The first-order chi connectivity index (χ1) is 7.27. The molecule has 2 heteroatoms. The lowest BCUT2D eigenvalue weighted by molar-refractivity contribution is -0.897. The zero-order chi connectivity index (χ0) is 11.0. The van der Waals surface area contributed by atoms with Gasteiger partial charge in [0, 0.05) is 12.8 Å². The molecular weight excluding hydrogens is 201 g/mol. The van der Waals surface area contributed by atoms with E-state index in [0.29, 0.717) is 0 Å². The lowest BCUT2D eigenvalue weighted by Gasteiger charge is -2.29. The summed E-state index contributed by atoms with van der Waals surface area (Å²) in [6, 6.07) is 0. The van der Waals surface area contributed by atoms with Crippen LogP contribution in [0.2, 0.25) is 0 Å². The molecular formula is C14H30FN. The maximum absolute atomic E-state index is 2.45. The second kappa shape index (κ2) is 8.98. The summed E-state index contributed by atoms with van der Waals surface area (Å²) in [5, 5.41) is 0. The summed E-state index contributed by atoms with van der Waals surface area (Å²) < 4.78 is 1.37. The van der Waals surface area contributed by atoms with Crippen molar-refractivity contribution < 1.29 is 9.19 Å². The molecule has 0 aromatic rings. The van der Waals surface area contributed by atoms with Gasteiger partial charge in [-0.3, -0.25) is 0 Å². The van der Waals surface area contributed by atoms with Crippen LogP contribution in [0.3, 0.4) is 0 Å². The van der Waals surface area contributed by atoms with E-state index >= 15 is 0 Å². The molecule has 1 aliphatic heterocycles. The normalized spacial score (nSPS) is 18.4. The van der Waals surface area contributed by atoms with Crippen molar-refractivity contribution in [2.45, 2.75) is 64.7 Å². The van der Waals surface area contributed by atoms with Gasteiger partial charge in [-0.2, -0.15) is 0 Å². The van der Waals surface area contributed by atoms with Crippen LogP contribution >= 0.6 is 0 Å². The molecule has 0 unspecified atom stereocenters. The lowest BCUT2D eigenvalue weighted by atomic mass is 10.1. The number of hydrogen-bond acceptors (Lipinski definition) is 0. The van der Waals surface area contributed by atoms with Crippen LogP contribution in [0, 0.1) is 0 Å². The Bertz CT molecular complexity index is 153. The second-order valence-corrected chi connectivity index (χ2v) is 5.62. The van der Waals surface area contributed by atoms with Crippen LogP contribution in [0.15, 0.2) is 0 Å². The molecule has 0 aromatic carbocycles. The Morgan fingerprint density at radius 3 is 1.88 bits per heavy atom. The van der Waals surface area contributed by atoms with Crippen molar-refractivity contribution in [3.63, 3.8) is 0 Å². The van der Waals surface area contributed by atoms with E-state index in [1.54, 1.807) is 0 Å². The summed E-state index contributed by atoms with van der Waals surface area (Å²) in [6.45, 7) is 6.61. The first-order valence-corrected chi connectivity index (χ1v) is 7.10. The van der Waals surface area contributed by atoms with Crippen LogP contribution in [0.25, 0.3) is 0 Å². The minimum atomic E-state index is 0. The molecule has 0 amide bonds. The minimum Gasteiger partial charge on any atom is -1.00 e. The van der Waals surface area contributed by atoms with Crippen LogP contribution in [-0.2, 0) is 0 Å². The zero-order valence-electron chi connectivity index (χ0n) is 11.3. The fourth-order valence-corrected chi connectivity index (χ4v) is 2.77. The first kappa shape index (κ1) is 15.9. The van der Waals surface area contributed by atoms with Gasteiger partial charge in [-0.1, -0.05) is 39.0 Å². The van der Waals surface area contributed by atoms with Crippen LogP contribution in [0.1, 0.15) is 64.7 Å². The fraction of sp³-hybridized carbons (Fsp3) is 1.00. The van der Waals surface area contributed by atoms with Gasteiger partial charge in [-0.05, 0) is 12.8 Å². The molecule has 0 radical (unpaired) electrons. The first-order valence-electron chi connectivity index (χ1n) is 7.10. The third-order valence-corrected chi connectivity index (χ3v) is 3.95. The molecule has 0 aliphatic carbocycles. The molecule has 0 N–H and O–H groups in total. The van der Waals surface area contributed by atoms with Gasteiger partial charge in [0.2, 0.25) is 0 Å². The Morgan fingerprint density at radius 1 is 0.812 bits per heavy atom. The third kappa shape index (κ3) is 6.47. The van der Waals surface area contributed by atoms with E-state index in [2.05, 4.69) is 14.0 Å². The van der Waals surface area contributed by atoms with Crippen molar-refractivity contribution in [2.75, 3.05) is 26.7 Å². The van der Waals surface area contributed by atoms with Gasteiger partial charge in [-0.25, -0.2) is 0 Å². The number of likely N-dealkylation sites (tertiary alicyclic amines) is 1. The molecule has 0 saturated carbocycles. The van der Waals surface area contributed by atoms with Crippen molar-refractivity contribution in [1.82, 2.24) is 0 Å². The summed E-state index contributed by atoms with van der Waals surface area (Å²) in [4.78, 5) is 0. The molecule has 1 heterocycles. The van der Waals surface area contributed by atoms with Gasteiger partial charge in [-0.15, -0.1) is 0 Å². The summed E-state index contributed by atoms with van der Waals surface area (Å²) >= 11 is 0. The topological polar surface area (TPSA) is 0 Å². The van der Waals surface area contributed by atoms with E-state index in [1.807, 2.05) is 0 Å². The van der Waals surface area contributed by atoms with E-state index in [4.69, 9.17) is 0 Å². The summed E-state index contributed by atoms with van der Waals surface area (Å²) in [5.74, 6) is 0. The predicted octanol–water partition coefficient (Wildman–Crippen LogP) is 0.981. The molecule has 1 rings (SSSR count). The smallest absolute Gasteiger partial charge is 0.0786 e. The molecule has 0 aromatic heterocycles. The van der Waals surface area contributed by atoms with Crippen molar-refractivity contribution in [3.8, 4) is 0 Å². The average molecular weight is 231 g/mol. The van der Waals surface area contributed by atoms with Gasteiger partial charge >= 0.3 is 0 Å². The van der Waals surface area contributed by atoms with E-state index in [9.17, 15) is 0 Å². The van der Waals surface area contributed by atoms with Gasteiger partial charge in [0.1, 0.15) is 0 Å². The predicted molar refractivity (Wildman–Crippen MR) is 68.0 cm³/mol. The fourth-order valence-electron chi connectivity index (χ4n) is 2.77. The van der Waals surface area contributed by atoms with E-state index in [-0.39, 0.29) is 4.70 Å². The third-order valence-electron chi connectivity index (χ3n) is 3.95. The van der Waals surface area contributed by atoms with Crippen molar-refractivity contribution in [1.29, 1.82) is 0 Å². The van der Waals surface area contributed by atoms with Gasteiger partial charge in [0.25, 0.3) is 0 Å². The van der Waals surface area contributed by atoms with Gasteiger partial charge < -0.3 is 9.19 Å². The van der Waals surface area contributed by atoms with Crippen molar-refractivity contribution in [2.24, 2.45) is 0 Å². The Kier molecular flexibility index (Phi) is 8.91. The largest absolute Gasteiger partial charge is 1.00 e. The highest BCUT2D eigenvalue weighted by Gasteiger charge is 2.25. The SMILES string of the molecule is CCCCCCCCC[N+]1(C)CCCC1.[F-]. The van der Waals surface area contributed by atoms with Gasteiger partial charge in [0.15, 0.2) is 0 Å². The highest BCUT2D eigenvalue weighted by molar-refractivity contribution is 4.52. The number of hydrogen-bond donors (Lipinski definition) is 0. The molecule has 1 saturated heterocycles. The molecule has 0 spiro atoms. The quantitative estimate of drug-likeness (QED) is 0.431. The summed E-state index contributed by atoms with van der Waals surface area (Å²) in [6.07, 6.45) is 13.1. The Hall–Kier alpha value is -0.110. The number of nitrogens with zero attached hydrogens (tertiary/aromatic N) is 1. The van der Waals surface area contributed by atoms with Crippen LogP contribution in [0.5, 0.6) is 0 Å². The Balaban J connectivity index is 0.00000225. The molecule has 0 bridgehead atoms. The van der Waals surface area contributed by atoms with Crippen LogP contribution < -0.4 is 4.70 Å². The summed E-state index contributed by atoms with van der Waals surface area (Å²) in [5.41, 5.74) is 0. The maximum Gasteiger partial charge on any atom is 0.0786 e. The molecule has 16 heavy (non-hydrogen) atoms. The minimum absolute atomic E-state index is 0. The van der Waals surface area contributed by atoms with Crippen LogP contribution in [-0.4, -0.2) is 31.2 Å². The lowest BCUT2D eigenvalue weighted by Crippen LogP contribution is -3.00. The zero-order valence-corrected chi connectivity index (χ0v) is 11.3. The monoisotopic (exact) mass is 231 g/mol. The standard InChI is InChI=1S/C14H30N.FH/c1-3-4-5-6-7-8-9-12-15(2)13-10-11-14-15;/h3-14H2,1-2H3;1H/q+1;/p-1. The van der Waals surface area contributed by atoms with Gasteiger partial charge in [0.05, 0.1) is 26.7 Å². The highest BCUT2D eigenvalue weighted by atomic mass is 19.0. The van der Waals surface area contributed by atoms with E-state index < -0.39 is 0 Å². The number of rotatable bonds is 8. The molecule has 1 nitrogen and oxygen atoms in total. The van der Waals surface area contributed by atoms with Crippen LogP contribution in [0.4, 0.5) is 0 Å². The number of quaternary nitrogens is 1. The Morgan fingerprint density at radius 2 is 1.31 bits per heavy atom. The van der Waals surface area contributed by atoms with Crippen molar-refractivity contribution in [3.05, 3.63) is 0 Å². The summed E-state index contributed by atoms with van der Waals surface area (Å²) in [7, 11) is 2.45. The average Bonchev–Trinajstić information content (AvgIpc) is 2.64. The molecule has 1 fully saturated rings. The van der Waals surface area contributed by atoms with Crippen molar-refractivity contribution >= 4 is 0 Å². The van der Waals surface area contributed by atoms with E-state index in [1.165, 1.54) is 81.9 Å². The molecule has 0 atom stereocenters. The second-order valence-electron chi connectivity index (χ2n) is 5.62. The number of halogens is 1.